The fourth-order valence-corrected chi connectivity index (χ4v) is 1.81. The molecule has 1 N–H and O–H groups in total. The van der Waals surface area contributed by atoms with Gasteiger partial charge in [-0.05, 0) is 12.0 Å². The number of hydrogen-bond acceptors (Lipinski definition) is 2. The quantitative estimate of drug-likeness (QED) is 0.627. The largest absolute Gasteiger partial charge is 0.481 e. The van der Waals surface area contributed by atoms with E-state index in [-0.39, 0.29) is 12.2 Å². The summed E-state index contributed by atoms with van der Waals surface area (Å²) < 4.78 is 0. The zero-order valence-electron chi connectivity index (χ0n) is 9.65. The summed E-state index contributed by atoms with van der Waals surface area (Å²) in [6.45, 7) is 2.08. The van der Waals surface area contributed by atoms with Crippen molar-refractivity contribution in [1.29, 1.82) is 0 Å². The van der Waals surface area contributed by atoms with E-state index in [9.17, 15) is 9.59 Å². The fourth-order valence-electron chi connectivity index (χ4n) is 1.55. The molecule has 0 aliphatic carbocycles. The third-order valence-electron chi connectivity index (χ3n) is 2.42. The Morgan fingerprint density at radius 3 is 2.35 bits per heavy atom. The first-order valence-corrected chi connectivity index (χ1v) is 5.97. The lowest BCUT2D eigenvalue weighted by Crippen LogP contribution is -2.18. The fraction of sp³-hybridized carbons (Fsp3) is 0.385. The molecule has 1 aromatic carbocycles. The highest BCUT2D eigenvalue weighted by Crippen LogP contribution is 2.13. The van der Waals surface area contributed by atoms with Crippen molar-refractivity contribution in [3.8, 4) is 0 Å². The van der Waals surface area contributed by atoms with Crippen LogP contribution in [0, 0.1) is 0 Å². The van der Waals surface area contributed by atoms with E-state index in [0.717, 1.165) is 18.4 Å². The summed E-state index contributed by atoms with van der Waals surface area (Å²) in [7, 11) is 0. The minimum absolute atomic E-state index is 0.336. The molecule has 0 saturated carbocycles. The van der Waals surface area contributed by atoms with Gasteiger partial charge in [-0.15, -0.1) is 11.6 Å². The van der Waals surface area contributed by atoms with Gasteiger partial charge in [0.1, 0.15) is 5.38 Å². The van der Waals surface area contributed by atoms with Crippen LogP contribution in [-0.4, -0.2) is 22.2 Å². The summed E-state index contributed by atoms with van der Waals surface area (Å²) in [6.07, 6.45) is 1.66. The zero-order valence-corrected chi connectivity index (χ0v) is 10.4. The summed E-state index contributed by atoms with van der Waals surface area (Å²) in [5, 5.41) is 7.56. The van der Waals surface area contributed by atoms with E-state index in [2.05, 4.69) is 6.92 Å². The number of carbonyl (C=O) groups excluding carboxylic acids is 1. The monoisotopic (exact) mass is 254 g/mol. The first-order valence-electron chi connectivity index (χ1n) is 5.53. The molecule has 1 unspecified atom stereocenters. The van der Waals surface area contributed by atoms with Crippen molar-refractivity contribution >= 4 is 23.4 Å². The Morgan fingerprint density at radius 1 is 1.29 bits per heavy atom. The highest BCUT2D eigenvalue weighted by atomic mass is 35.5. The average Bonchev–Trinajstić information content (AvgIpc) is 2.28. The maximum atomic E-state index is 11.8. The molecule has 0 bridgehead atoms. The lowest BCUT2D eigenvalue weighted by Gasteiger charge is -2.06. The highest BCUT2D eigenvalue weighted by molar-refractivity contribution is 6.34. The van der Waals surface area contributed by atoms with Crippen LogP contribution in [0.4, 0.5) is 0 Å². The number of Topliss-reactive ketones (excluding diaryl/α,β-unsaturated/α-hetero) is 1. The van der Waals surface area contributed by atoms with E-state index in [1.165, 1.54) is 0 Å². The molecule has 0 radical (unpaired) electrons. The number of benzene rings is 1. The van der Waals surface area contributed by atoms with Crippen molar-refractivity contribution in [1.82, 2.24) is 0 Å². The van der Waals surface area contributed by atoms with Gasteiger partial charge in [-0.1, -0.05) is 37.6 Å². The Morgan fingerprint density at radius 2 is 1.88 bits per heavy atom. The maximum absolute atomic E-state index is 11.8. The number of halogens is 1. The number of alkyl halides is 1. The molecule has 4 heteroatoms. The Bertz CT molecular complexity index is 398. The molecule has 0 heterocycles. The normalized spacial score (nSPS) is 12.1. The smallest absolute Gasteiger partial charge is 0.305 e. The molecular formula is C13H15ClO3. The first kappa shape index (κ1) is 13.7. The summed E-state index contributed by atoms with van der Waals surface area (Å²) in [5.74, 6) is -1.40. The number of aryl methyl sites for hydroxylation is 1. The molecule has 1 atom stereocenters. The summed E-state index contributed by atoms with van der Waals surface area (Å²) >= 11 is 5.73. The first-order chi connectivity index (χ1) is 8.04. The van der Waals surface area contributed by atoms with Crippen LogP contribution in [-0.2, 0) is 11.2 Å². The number of carbonyl (C=O) groups is 2. The van der Waals surface area contributed by atoms with Crippen molar-refractivity contribution in [3.05, 3.63) is 35.4 Å². The minimum atomic E-state index is -1.07. The second-order valence-corrected chi connectivity index (χ2v) is 4.40. The van der Waals surface area contributed by atoms with Crippen LogP contribution in [0.3, 0.4) is 0 Å². The molecule has 0 fully saturated rings. The van der Waals surface area contributed by atoms with Crippen molar-refractivity contribution in [3.63, 3.8) is 0 Å². The molecule has 92 valence electrons. The minimum Gasteiger partial charge on any atom is -0.481 e. The number of aliphatic carboxylic acids is 1. The summed E-state index contributed by atoms with van der Waals surface area (Å²) in [4.78, 5) is 22.2. The number of ketones is 1. The van der Waals surface area contributed by atoms with Crippen LogP contribution in [0.25, 0.3) is 0 Å². The molecule has 0 spiro atoms. The van der Waals surface area contributed by atoms with E-state index in [4.69, 9.17) is 16.7 Å². The molecule has 0 aliphatic rings. The van der Waals surface area contributed by atoms with Gasteiger partial charge in [0.15, 0.2) is 5.78 Å². The molecule has 0 aromatic heterocycles. The van der Waals surface area contributed by atoms with Crippen molar-refractivity contribution in [2.24, 2.45) is 0 Å². The van der Waals surface area contributed by atoms with Gasteiger partial charge in [-0.25, -0.2) is 0 Å². The molecule has 1 aromatic rings. The van der Waals surface area contributed by atoms with Crippen LogP contribution in [0.2, 0.25) is 0 Å². The Balaban J connectivity index is 2.72. The van der Waals surface area contributed by atoms with Gasteiger partial charge < -0.3 is 5.11 Å². The van der Waals surface area contributed by atoms with Crippen molar-refractivity contribution < 1.29 is 14.7 Å². The topological polar surface area (TPSA) is 54.4 Å². The van der Waals surface area contributed by atoms with Gasteiger partial charge in [0.05, 0.1) is 6.42 Å². The van der Waals surface area contributed by atoms with Crippen molar-refractivity contribution in [2.75, 3.05) is 0 Å². The lowest BCUT2D eigenvalue weighted by atomic mass is 10.0. The van der Waals surface area contributed by atoms with Gasteiger partial charge in [0, 0.05) is 5.56 Å². The van der Waals surface area contributed by atoms with Gasteiger partial charge in [-0.2, -0.15) is 0 Å². The summed E-state index contributed by atoms with van der Waals surface area (Å²) in [6, 6.07) is 7.15. The van der Waals surface area contributed by atoms with Crippen molar-refractivity contribution in [2.45, 2.75) is 31.6 Å². The second kappa shape index (κ2) is 6.40. The predicted molar refractivity (Wildman–Crippen MR) is 66.7 cm³/mol. The van der Waals surface area contributed by atoms with Gasteiger partial charge in [-0.3, -0.25) is 9.59 Å². The van der Waals surface area contributed by atoms with Crippen LogP contribution >= 0.6 is 11.6 Å². The van der Waals surface area contributed by atoms with Gasteiger partial charge in [0.2, 0.25) is 0 Å². The van der Waals surface area contributed by atoms with Crippen LogP contribution in [0.1, 0.15) is 35.7 Å². The van der Waals surface area contributed by atoms with Crippen LogP contribution in [0.15, 0.2) is 24.3 Å². The summed E-state index contributed by atoms with van der Waals surface area (Å²) in [5.41, 5.74) is 1.62. The third kappa shape index (κ3) is 4.19. The number of rotatable bonds is 6. The van der Waals surface area contributed by atoms with Crippen LogP contribution in [0.5, 0.6) is 0 Å². The molecule has 1 rings (SSSR count). The molecule has 0 amide bonds. The van der Waals surface area contributed by atoms with E-state index < -0.39 is 11.3 Å². The standard InChI is InChI=1S/C13H15ClO3/c1-2-3-9-4-6-10(7-5-9)13(17)11(14)8-12(15)16/h4-7,11H,2-3,8H2,1H3,(H,15,16). The van der Waals surface area contributed by atoms with Crippen LogP contribution < -0.4 is 0 Å². The third-order valence-corrected chi connectivity index (χ3v) is 2.77. The highest BCUT2D eigenvalue weighted by Gasteiger charge is 2.20. The lowest BCUT2D eigenvalue weighted by molar-refractivity contribution is -0.136. The van der Waals surface area contributed by atoms with E-state index >= 15 is 0 Å². The SMILES string of the molecule is CCCc1ccc(C(=O)C(Cl)CC(=O)O)cc1. The predicted octanol–water partition coefficient (Wildman–Crippen LogP) is 2.90. The number of hydrogen-bond donors (Lipinski definition) is 1. The average molecular weight is 255 g/mol. The number of carboxylic acid groups (broad SMARTS) is 1. The molecule has 0 aliphatic heterocycles. The number of carboxylic acids is 1. The molecule has 17 heavy (non-hydrogen) atoms. The van der Waals surface area contributed by atoms with E-state index in [0.29, 0.717) is 5.56 Å². The van der Waals surface area contributed by atoms with E-state index in [1.807, 2.05) is 12.1 Å². The Hall–Kier alpha value is -1.35. The second-order valence-electron chi connectivity index (χ2n) is 3.88. The molecule has 0 saturated heterocycles. The molecule has 3 nitrogen and oxygen atoms in total. The van der Waals surface area contributed by atoms with E-state index in [1.54, 1.807) is 12.1 Å². The maximum Gasteiger partial charge on any atom is 0.305 e. The van der Waals surface area contributed by atoms with Gasteiger partial charge >= 0.3 is 5.97 Å². The molecular weight excluding hydrogens is 240 g/mol. The van der Waals surface area contributed by atoms with Gasteiger partial charge in [0.25, 0.3) is 0 Å². The zero-order chi connectivity index (χ0) is 12.8. The Kier molecular flexibility index (Phi) is 5.16. The Labute approximate surface area is 105 Å².